The van der Waals surface area contributed by atoms with Crippen LogP contribution in [0.1, 0.15) is 108 Å². The molecule has 6 nitrogen and oxygen atoms in total. The molecule has 0 aliphatic carbocycles. The maximum absolute atomic E-state index is 12.9. The van der Waals surface area contributed by atoms with Crippen LogP contribution in [-0.4, -0.2) is 5.78 Å². The molecule has 0 bridgehead atoms. The second-order valence-corrected chi connectivity index (χ2v) is 22.0. The van der Waals surface area contributed by atoms with Gasteiger partial charge in [0.15, 0.2) is 5.78 Å². The van der Waals surface area contributed by atoms with E-state index in [1.807, 2.05) is 109 Å². The Labute approximate surface area is 487 Å². The summed E-state index contributed by atoms with van der Waals surface area (Å²) in [7, 11) is 0. The molecule has 0 unspecified atom stereocenters. The van der Waals surface area contributed by atoms with Crippen LogP contribution >= 0.6 is 0 Å². The van der Waals surface area contributed by atoms with Crippen molar-refractivity contribution in [1.82, 2.24) is 0 Å². The Balaban J connectivity index is 0.000000169. The minimum Gasteiger partial charge on any atom is -0.457 e. The molecule has 0 fully saturated rings. The third kappa shape index (κ3) is 15.6. The van der Waals surface area contributed by atoms with Crippen molar-refractivity contribution in [3.05, 3.63) is 295 Å². The normalized spacial score (nSPS) is 10.9. The average molecular weight is 1090 g/mol. The van der Waals surface area contributed by atoms with Gasteiger partial charge in [-0.3, -0.25) is 4.79 Å². The number of ketones is 1. The summed E-state index contributed by atoms with van der Waals surface area (Å²) in [5, 5.41) is 0. The molecule has 0 radical (unpaired) electrons. The molecule has 0 aliphatic heterocycles. The van der Waals surface area contributed by atoms with Crippen molar-refractivity contribution in [1.29, 1.82) is 0 Å². The minimum atomic E-state index is -0.141. The Morgan fingerprint density at radius 3 is 0.598 bits per heavy atom. The first-order valence-electron chi connectivity index (χ1n) is 28.0. The maximum atomic E-state index is 12.9. The standard InChI is InChI=1S/C31H32O2.C29H26O3.C16H18O/c1-21-7-13-29(19-23(21)3)32-27-15-9-25(10-16-27)31(5,6)26-11-17-28(18-12-26)33-30-14-8-22(2)24(4)20-30;1-19-5-11-27(17-21(19)3)31-25-13-7-23(8-14-25)29(30)24-9-15-26(16-10-24)32-28-12-6-20(2)22(4)18-28;1-11-5-7-15(9-13(11)3)17-16-8-6-12(2)14(4)10-16/h7-20H,1-6H3;5-18H,1-4H3;5-10H,1-4H3. The number of aryl methyl sites for hydroxylation is 12. The van der Waals surface area contributed by atoms with Gasteiger partial charge >= 0.3 is 0 Å². The van der Waals surface area contributed by atoms with E-state index < -0.39 is 0 Å². The largest absolute Gasteiger partial charge is 0.457 e. The highest BCUT2D eigenvalue weighted by molar-refractivity contribution is 6.09. The molecule has 0 aliphatic rings. The second-order valence-electron chi connectivity index (χ2n) is 22.0. The number of benzene rings is 10. The third-order valence-electron chi connectivity index (χ3n) is 15.4. The van der Waals surface area contributed by atoms with E-state index in [1.54, 1.807) is 24.3 Å². The molecule has 416 valence electrons. The predicted molar refractivity (Wildman–Crippen MR) is 337 cm³/mol. The van der Waals surface area contributed by atoms with Crippen LogP contribution in [0.15, 0.2) is 206 Å². The van der Waals surface area contributed by atoms with Gasteiger partial charge in [-0.25, -0.2) is 0 Å². The molecule has 0 aromatic heterocycles. The van der Waals surface area contributed by atoms with Gasteiger partial charge in [-0.1, -0.05) is 74.5 Å². The van der Waals surface area contributed by atoms with Crippen LogP contribution in [0.3, 0.4) is 0 Å². The molecule has 82 heavy (non-hydrogen) atoms. The minimum absolute atomic E-state index is 0.0412. The number of carbonyl (C=O) groups excluding carboxylic acids is 1. The molecule has 0 spiro atoms. The molecule has 0 amide bonds. The second kappa shape index (κ2) is 26.4. The van der Waals surface area contributed by atoms with Crippen molar-refractivity contribution >= 4 is 5.78 Å². The van der Waals surface area contributed by atoms with E-state index in [1.165, 1.54) is 77.9 Å². The summed E-state index contributed by atoms with van der Waals surface area (Å²) >= 11 is 0. The van der Waals surface area contributed by atoms with Crippen molar-refractivity contribution in [2.24, 2.45) is 0 Å². The highest BCUT2D eigenvalue weighted by atomic mass is 16.5. The van der Waals surface area contributed by atoms with Crippen LogP contribution in [0.25, 0.3) is 0 Å². The first kappa shape index (κ1) is 59.0. The Kier molecular flexibility index (Phi) is 19.0. The Bertz CT molecular complexity index is 3560. The maximum Gasteiger partial charge on any atom is 0.193 e. The fourth-order valence-corrected chi connectivity index (χ4v) is 8.91. The van der Waals surface area contributed by atoms with Gasteiger partial charge < -0.3 is 23.7 Å². The summed E-state index contributed by atoms with van der Waals surface area (Å²) in [6, 6.07) is 67.9. The summed E-state index contributed by atoms with van der Waals surface area (Å²) in [5.74, 6) is 8.13. The number of hydrogen-bond acceptors (Lipinski definition) is 6. The van der Waals surface area contributed by atoms with Gasteiger partial charge in [-0.05, 0) is 307 Å². The zero-order chi connectivity index (χ0) is 58.7. The summed E-state index contributed by atoms with van der Waals surface area (Å²) in [4.78, 5) is 12.9. The number of hydrogen-bond donors (Lipinski definition) is 0. The third-order valence-corrected chi connectivity index (χ3v) is 15.4. The molecule has 0 heterocycles. The highest BCUT2D eigenvalue weighted by Crippen LogP contribution is 2.36. The van der Waals surface area contributed by atoms with Crippen molar-refractivity contribution in [3.8, 4) is 57.5 Å². The van der Waals surface area contributed by atoms with Gasteiger partial charge in [0.05, 0.1) is 0 Å². The van der Waals surface area contributed by atoms with Crippen molar-refractivity contribution in [2.75, 3.05) is 0 Å². The lowest BCUT2D eigenvalue weighted by Gasteiger charge is -2.26. The summed E-state index contributed by atoms with van der Waals surface area (Å²) < 4.78 is 29.8. The molecular weight excluding hydrogens is 1010 g/mol. The highest BCUT2D eigenvalue weighted by Gasteiger charge is 2.23. The summed E-state index contributed by atoms with van der Waals surface area (Å²) in [6.07, 6.45) is 0. The number of ether oxygens (including phenoxy) is 5. The van der Waals surface area contributed by atoms with Gasteiger partial charge in [0.1, 0.15) is 57.5 Å². The lowest BCUT2D eigenvalue weighted by Crippen LogP contribution is -2.18. The van der Waals surface area contributed by atoms with E-state index in [4.69, 9.17) is 23.7 Å². The fraction of sp³-hybridized carbons (Fsp3) is 0.197. The molecular formula is C76H76O6. The van der Waals surface area contributed by atoms with Crippen LogP contribution < -0.4 is 23.7 Å². The van der Waals surface area contributed by atoms with Crippen LogP contribution in [-0.2, 0) is 5.41 Å². The Morgan fingerprint density at radius 1 is 0.232 bits per heavy atom. The molecule has 6 heteroatoms. The molecule has 10 rings (SSSR count). The van der Waals surface area contributed by atoms with E-state index in [-0.39, 0.29) is 11.2 Å². The first-order chi connectivity index (χ1) is 39.2. The molecule has 0 atom stereocenters. The molecule has 10 aromatic carbocycles. The predicted octanol–water partition coefficient (Wildman–Crippen LogP) is 21.3. The average Bonchev–Trinajstić information content (AvgIpc) is 3.49. The van der Waals surface area contributed by atoms with Crippen LogP contribution in [0.4, 0.5) is 0 Å². The van der Waals surface area contributed by atoms with Crippen LogP contribution in [0.2, 0.25) is 0 Å². The van der Waals surface area contributed by atoms with E-state index in [0.29, 0.717) is 22.6 Å². The number of rotatable bonds is 14. The number of carbonyl (C=O) groups is 1. The first-order valence-corrected chi connectivity index (χ1v) is 28.0. The monoisotopic (exact) mass is 1080 g/mol. The SMILES string of the molecule is Cc1ccc(Oc2ccc(C(=O)c3ccc(Oc4ccc(C)c(C)c4)cc3)cc2)cc1C.Cc1ccc(Oc2ccc(C(C)(C)c3ccc(Oc4ccc(C)c(C)c4)cc3)cc2)cc1C.Cc1ccc(Oc2ccc(C)c(C)c2)cc1C. The van der Waals surface area contributed by atoms with Crippen molar-refractivity contribution in [2.45, 2.75) is 102 Å². The van der Waals surface area contributed by atoms with Gasteiger partial charge in [0.25, 0.3) is 0 Å². The zero-order valence-corrected chi connectivity index (χ0v) is 50.1. The molecule has 0 N–H and O–H groups in total. The summed E-state index contributed by atoms with van der Waals surface area (Å²) in [6.45, 7) is 29.6. The lowest BCUT2D eigenvalue weighted by atomic mass is 9.78. The fourth-order valence-electron chi connectivity index (χ4n) is 8.91. The Morgan fingerprint density at radius 2 is 0.402 bits per heavy atom. The van der Waals surface area contributed by atoms with Gasteiger partial charge in [0.2, 0.25) is 0 Å². The van der Waals surface area contributed by atoms with E-state index in [2.05, 4.69) is 170 Å². The van der Waals surface area contributed by atoms with Crippen molar-refractivity contribution in [3.63, 3.8) is 0 Å². The summed E-state index contributed by atoms with van der Waals surface area (Å²) in [5.41, 5.74) is 18.5. The smallest absolute Gasteiger partial charge is 0.193 e. The van der Waals surface area contributed by atoms with Gasteiger partial charge in [-0.2, -0.15) is 0 Å². The van der Waals surface area contributed by atoms with E-state index in [9.17, 15) is 4.79 Å². The van der Waals surface area contributed by atoms with Crippen LogP contribution in [0.5, 0.6) is 57.5 Å². The van der Waals surface area contributed by atoms with Gasteiger partial charge in [0, 0.05) is 16.5 Å². The van der Waals surface area contributed by atoms with Gasteiger partial charge in [-0.15, -0.1) is 0 Å². The molecule has 10 aromatic rings. The Hall–Kier alpha value is -9.13. The van der Waals surface area contributed by atoms with Crippen molar-refractivity contribution < 1.29 is 28.5 Å². The molecule has 0 saturated heterocycles. The molecule has 0 saturated carbocycles. The zero-order valence-electron chi connectivity index (χ0n) is 50.1. The van der Waals surface area contributed by atoms with Crippen LogP contribution in [0, 0.1) is 83.1 Å². The quantitative estimate of drug-likeness (QED) is 0.101. The topological polar surface area (TPSA) is 63.2 Å². The van der Waals surface area contributed by atoms with E-state index >= 15 is 0 Å². The van der Waals surface area contributed by atoms with E-state index in [0.717, 1.165) is 46.0 Å². The lowest BCUT2D eigenvalue weighted by molar-refractivity contribution is 0.103.